The Morgan fingerprint density at radius 2 is 1.95 bits per heavy atom. The predicted molar refractivity (Wildman–Crippen MR) is 76.7 cm³/mol. The van der Waals surface area contributed by atoms with Crippen LogP contribution in [0.2, 0.25) is 0 Å². The van der Waals surface area contributed by atoms with Crippen molar-refractivity contribution in [3.05, 3.63) is 0 Å². The first kappa shape index (κ1) is 18.5. The van der Waals surface area contributed by atoms with Gasteiger partial charge in [0.1, 0.15) is 5.60 Å². The lowest BCUT2D eigenvalue weighted by atomic mass is 10.2. The maximum Gasteiger partial charge on any atom is 0.407 e. The SMILES string of the molecule is C[C@@H](CN(CCCCN)C(=O)O)NC(=O)OC(C)(C)C. The van der Waals surface area contributed by atoms with Gasteiger partial charge in [0.25, 0.3) is 0 Å². The van der Waals surface area contributed by atoms with Crippen molar-refractivity contribution in [2.75, 3.05) is 19.6 Å². The Morgan fingerprint density at radius 3 is 2.40 bits per heavy atom. The molecule has 0 fully saturated rings. The smallest absolute Gasteiger partial charge is 0.407 e. The molecule has 118 valence electrons. The number of hydrogen-bond acceptors (Lipinski definition) is 4. The summed E-state index contributed by atoms with van der Waals surface area (Å²) in [6.07, 6.45) is -0.0586. The Morgan fingerprint density at radius 1 is 1.35 bits per heavy atom. The Kier molecular flexibility index (Phi) is 7.98. The molecule has 0 spiro atoms. The van der Waals surface area contributed by atoms with Crippen LogP contribution in [0, 0.1) is 0 Å². The van der Waals surface area contributed by atoms with Gasteiger partial charge in [-0.1, -0.05) is 0 Å². The zero-order chi connectivity index (χ0) is 15.8. The van der Waals surface area contributed by atoms with E-state index in [2.05, 4.69) is 5.32 Å². The molecule has 0 aromatic carbocycles. The molecule has 20 heavy (non-hydrogen) atoms. The van der Waals surface area contributed by atoms with Gasteiger partial charge in [-0.15, -0.1) is 0 Å². The van der Waals surface area contributed by atoms with E-state index in [-0.39, 0.29) is 12.6 Å². The van der Waals surface area contributed by atoms with Gasteiger partial charge in [0, 0.05) is 19.1 Å². The van der Waals surface area contributed by atoms with Gasteiger partial charge in [-0.05, 0) is 47.1 Å². The van der Waals surface area contributed by atoms with Crippen LogP contribution in [0.3, 0.4) is 0 Å². The Hall–Kier alpha value is -1.50. The zero-order valence-corrected chi connectivity index (χ0v) is 12.8. The second-order valence-electron chi connectivity index (χ2n) is 5.77. The monoisotopic (exact) mass is 289 g/mol. The highest BCUT2D eigenvalue weighted by molar-refractivity contribution is 5.68. The second kappa shape index (κ2) is 8.63. The molecule has 0 aromatic heterocycles. The minimum absolute atomic E-state index is 0.221. The number of amides is 2. The van der Waals surface area contributed by atoms with Crippen LogP contribution in [0.4, 0.5) is 9.59 Å². The summed E-state index contributed by atoms with van der Waals surface area (Å²) in [5.74, 6) is 0. The fraction of sp³-hybridized carbons (Fsp3) is 0.846. The number of nitrogens with zero attached hydrogens (tertiary/aromatic N) is 1. The molecule has 0 rings (SSSR count). The molecule has 1 atom stereocenters. The standard InChI is InChI=1S/C13H27N3O4/c1-10(15-11(17)20-13(2,3)4)9-16(12(18)19)8-6-5-7-14/h10H,5-9,14H2,1-4H3,(H,15,17)(H,18,19)/t10-/m0/s1. The van der Waals surface area contributed by atoms with Gasteiger partial charge in [0.2, 0.25) is 0 Å². The van der Waals surface area contributed by atoms with E-state index in [1.807, 2.05) is 0 Å². The van der Waals surface area contributed by atoms with Crippen molar-refractivity contribution in [1.29, 1.82) is 0 Å². The van der Waals surface area contributed by atoms with Crippen molar-refractivity contribution >= 4 is 12.2 Å². The summed E-state index contributed by atoms with van der Waals surface area (Å²) < 4.78 is 5.12. The molecule has 0 heterocycles. The number of carboxylic acid groups (broad SMARTS) is 1. The van der Waals surface area contributed by atoms with Crippen molar-refractivity contribution in [3.63, 3.8) is 0 Å². The Bertz CT molecular complexity index is 315. The van der Waals surface area contributed by atoms with Crippen LogP contribution >= 0.6 is 0 Å². The van der Waals surface area contributed by atoms with Crippen LogP contribution in [0.5, 0.6) is 0 Å². The molecule has 2 amide bonds. The average Bonchev–Trinajstić information content (AvgIpc) is 2.24. The summed E-state index contributed by atoms with van der Waals surface area (Å²) in [5, 5.41) is 11.7. The van der Waals surface area contributed by atoms with Crippen molar-refractivity contribution < 1.29 is 19.4 Å². The highest BCUT2D eigenvalue weighted by atomic mass is 16.6. The Balaban J connectivity index is 4.21. The van der Waals surface area contributed by atoms with Crippen LogP contribution in [-0.2, 0) is 4.74 Å². The fourth-order valence-electron chi connectivity index (χ4n) is 1.60. The molecule has 7 nitrogen and oxygen atoms in total. The third-order valence-corrected chi connectivity index (χ3v) is 2.41. The molecule has 0 aliphatic rings. The summed E-state index contributed by atoms with van der Waals surface area (Å²) in [5.41, 5.74) is 4.81. The first-order valence-electron chi connectivity index (χ1n) is 6.83. The van der Waals surface area contributed by atoms with Gasteiger partial charge in [0.15, 0.2) is 0 Å². The quantitative estimate of drug-likeness (QED) is 0.618. The second-order valence-corrected chi connectivity index (χ2v) is 5.77. The molecule has 0 saturated heterocycles. The molecule has 0 unspecified atom stereocenters. The largest absolute Gasteiger partial charge is 0.465 e. The van der Waals surface area contributed by atoms with Crippen LogP contribution in [0.1, 0.15) is 40.5 Å². The highest BCUT2D eigenvalue weighted by Crippen LogP contribution is 2.07. The van der Waals surface area contributed by atoms with Crippen molar-refractivity contribution in [3.8, 4) is 0 Å². The van der Waals surface area contributed by atoms with E-state index < -0.39 is 17.8 Å². The third-order valence-electron chi connectivity index (χ3n) is 2.41. The predicted octanol–water partition coefficient (Wildman–Crippen LogP) is 1.62. The van der Waals surface area contributed by atoms with Crippen LogP contribution in [-0.4, -0.2) is 53.5 Å². The minimum Gasteiger partial charge on any atom is -0.465 e. The summed E-state index contributed by atoms with van der Waals surface area (Å²) >= 11 is 0. The molecule has 0 saturated carbocycles. The van der Waals surface area contributed by atoms with Crippen LogP contribution in [0.15, 0.2) is 0 Å². The van der Waals surface area contributed by atoms with Gasteiger partial charge < -0.3 is 25.8 Å². The molecule has 7 heteroatoms. The average molecular weight is 289 g/mol. The van der Waals surface area contributed by atoms with E-state index in [0.29, 0.717) is 19.5 Å². The molecule has 0 aliphatic carbocycles. The topological polar surface area (TPSA) is 105 Å². The molecular weight excluding hydrogens is 262 g/mol. The number of alkyl carbamates (subject to hydrolysis) is 1. The van der Waals surface area contributed by atoms with E-state index >= 15 is 0 Å². The number of carbonyl (C=O) groups is 2. The normalized spacial score (nSPS) is 12.7. The summed E-state index contributed by atoms with van der Waals surface area (Å²) in [7, 11) is 0. The number of hydrogen-bond donors (Lipinski definition) is 3. The van der Waals surface area contributed by atoms with Crippen molar-refractivity contribution in [1.82, 2.24) is 10.2 Å². The molecule has 0 aromatic rings. The van der Waals surface area contributed by atoms with Crippen LogP contribution < -0.4 is 11.1 Å². The lowest BCUT2D eigenvalue weighted by Gasteiger charge is -2.25. The maximum atomic E-state index is 11.6. The first-order valence-corrected chi connectivity index (χ1v) is 6.83. The van der Waals surface area contributed by atoms with Crippen LogP contribution in [0.25, 0.3) is 0 Å². The van der Waals surface area contributed by atoms with E-state index in [9.17, 15) is 9.59 Å². The van der Waals surface area contributed by atoms with Gasteiger partial charge in [0.05, 0.1) is 0 Å². The summed E-state index contributed by atoms with van der Waals surface area (Å²) in [6, 6.07) is -0.321. The molecule has 4 N–H and O–H groups in total. The summed E-state index contributed by atoms with van der Waals surface area (Å²) in [6.45, 7) is 8.23. The number of ether oxygens (including phenoxy) is 1. The van der Waals surface area contributed by atoms with Gasteiger partial charge in [-0.25, -0.2) is 9.59 Å². The van der Waals surface area contributed by atoms with E-state index in [4.69, 9.17) is 15.6 Å². The molecule has 0 aliphatic heterocycles. The zero-order valence-electron chi connectivity index (χ0n) is 12.8. The van der Waals surface area contributed by atoms with Gasteiger partial charge in [-0.2, -0.15) is 0 Å². The van der Waals surface area contributed by atoms with E-state index in [1.54, 1.807) is 27.7 Å². The maximum absolute atomic E-state index is 11.6. The van der Waals surface area contributed by atoms with Gasteiger partial charge in [-0.3, -0.25) is 0 Å². The number of unbranched alkanes of at least 4 members (excludes halogenated alkanes) is 1. The number of nitrogens with one attached hydrogen (secondary N) is 1. The van der Waals surface area contributed by atoms with Crippen molar-refractivity contribution in [2.24, 2.45) is 5.73 Å². The molecule has 0 radical (unpaired) electrons. The lowest BCUT2D eigenvalue weighted by molar-refractivity contribution is 0.0494. The third kappa shape index (κ3) is 9.43. The lowest BCUT2D eigenvalue weighted by Crippen LogP contribution is -2.45. The first-order chi connectivity index (χ1) is 9.15. The fourth-order valence-corrected chi connectivity index (χ4v) is 1.60. The minimum atomic E-state index is -1.00. The van der Waals surface area contributed by atoms with Gasteiger partial charge >= 0.3 is 12.2 Å². The van der Waals surface area contributed by atoms with E-state index in [0.717, 1.165) is 6.42 Å². The number of rotatable bonds is 7. The van der Waals surface area contributed by atoms with Crippen molar-refractivity contribution in [2.45, 2.75) is 52.2 Å². The Labute approximate surface area is 120 Å². The van der Waals surface area contributed by atoms with E-state index in [1.165, 1.54) is 4.90 Å². The number of carbonyl (C=O) groups excluding carboxylic acids is 1. The highest BCUT2D eigenvalue weighted by Gasteiger charge is 2.20. The molecule has 0 bridgehead atoms. The molecular formula is C13H27N3O4. The number of nitrogens with two attached hydrogens (primary N) is 1. The summed E-state index contributed by atoms with van der Waals surface area (Å²) in [4.78, 5) is 23.9.